The van der Waals surface area contributed by atoms with E-state index in [0.717, 1.165) is 16.0 Å². The van der Waals surface area contributed by atoms with E-state index < -0.39 is 5.91 Å². The smallest absolute Gasteiger partial charge is 0.283 e. The van der Waals surface area contributed by atoms with Gasteiger partial charge < -0.3 is 14.0 Å². The summed E-state index contributed by atoms with van der Waals surface area (Å²) in [5.74, 6) is 4.06. The summed E-state index contributed by atoms with van der Waals surface area (Å²) < 4.78 is 14.0. The maximum atomic E-state index is 13.1. The Labute approximate surface area is 177 Å². The number of carbonyl (C=O) groups excluding carboxylic acids is 1. The Morgan fingerprint density at radius 2 is 1.83 bits per heavy atom. The zero-order chi connectivity index (χ0) is 20.9. The van der Waals surface area contributed by atoms with Crippen molar-refractivity contribution in [2.24, 2.45) is 4.99 Å². The fourth-order valence-corrected chi connectivity index (χ4v) is 4.06. The van der Waals surface area contributed by atoms with Gasteiger partial charge in [-0.3, -0.25) is 4.79 Å². The van der Waals surface area contributed by atoms with Gasteiger partial charge in [-0.05, 0) is 42.5 Å². The fourth-order valence-electron chi connectivity index (χ4n) is 3.00. The summed E-state index contributed by atoms with van der Waals surface area (Å²) in [6, 6.07) is 22.0. The molecule has 0 saturated carbocycles. The van der Waals surface area contributed by atoms with Crippen LogP contribution in [0.4, 0.5) is 0 Å². The van der Waals surface area contributed by atoms with Gasteiger partial charge in [0.1, 0.15) is 17.2 Å². The molecule has 5 nitrogen and oxygen atoms in total. The third kappa shape index (κ3) is 3.97. The summed E-state index contributed by atoms with van der Waals surface area (Å²) in [6.07, 6.45) is 5.55. The van der Waals surface area contributed by atoms with E-state index in [1.807, 2.05) is 59.2 Å². The van der Waals surface area contributed by atoms with Gasteiger partial charge in [0.25, 0.3) is 5.91 Å². The van der Waals surface area contributed by atoms with Gasteiger partial charge in [-0.15, -0.1) is 6.42 Å². The molecule has 4 rings (SSSR count). The van der Waals surface area contributed by atoms with Gasteiger partial charge in [0.2, 0.25) is 0 Å². The molecule has 3 aromatic carbocycles. The molecule has 6 heteroatoms. The lowest BCUT2D eigenvalue weighted by Crippen LogP contribution is -2.16. The third-order valence-corrected chi connectivity index (χ3v) is 5.47. The van der Waals surface area contributed by atoms with E-state index in [4.69, 9.17) is 15.9 Å². The minimum absolute atomic E-state index is 0.306. The van der Waals surface area contributed by atoms with Crippen molar-refractivity contribution in [3.05, 3.63) is 83.2 Å². The Morgan fingerprint density at radius 1 is 1.07 bits per heavy atom. The van der Waals surface area contributed by atoms with E-state index in [9.17, 15) is 4.79 Å². The van der Waals surface area contributed by atoms with Gasteiger partial charge in [-0.1, -0.05) is 47.6 Å². The van der Waals surface area contributed by atoms with Crippen LogP contribution >= 0.6 is 11.3 Å². The summed E-state index contributed by atoms with van der Waals surface area (Å²) >= 11 is 1.39. The molecule has 4 aromatic rings. The number of aromatic nitrogens is 1. The Morgan fingerprint density at radius 3 is 2.60 bits per heavy atom. The van der Waals surface area contributed by atoms with E-state index in [0.29, 0.717) is 28.4 Å². The summed E-state index contributed by atoms with van der Waals surface area (Å²) in [7, 11) is 1.61. The zero-order valence-electron chi connectivity index (χ0n) is 16.2. The maximum Gasteiger partial charge on any atom is 0.283 e. The van der Waals surface area contributed by atoms with Crippen LogP contribution in [-0.2, 0) is 6.54 Å². The van der Waals surface area contributed by atoms with Crippen molar-refractivity contribution in [2.45, 2.75) is 6.54 Å². The number of terminal acetylenes is 1. The predicted octanol–water partition coefficient (Wildman–Crippen LogP) is 4.88. The molecular weight excluding hydrogens is 396 g/mol. The van der Waals surface area contributed by atoms with Crippen LogP contribution in [-0.4, -0.2) is 17.6 Å². The van der Waals surface area contributed by atoms with Crippen molar-refractivity contribution in [3.8, 4) is 29.6 Å². The average Bonchev–Trinajstić information content (AvgIpc) is 3.11. The second kappa shape index (κ2) is 8.68. The molecular formula is C24H18N2O3S. The van der Waals surface area contributed by atoms with Gasteiger partial charge in [0, 0.05) is 0 Å². The fraction of sp³-hybridized carbons (Fsp3) is 0.0833. The standard InChI is InChI=1S/C24H18N2O3S/c1-3-15-26-20-14-13-18(28-2)16-22(20)30-24(26)25-23(27)19-11-7-8-12-21(19)29-17-9-5-4-6-10-17/h1,4-14,16H,15H2,2H3. The molecule has 0 N–H and O–H groups in total. The van der Waals surface area contributed by atoms with E-state index >= 15 is 0 Å². The lowest BCUT2D eigenvalue weighted by molar-refractivity contribution is 0.0995. The summed E-state index contributed by atoms with van der Waals surface area (Å²) in [6.45, 7) is 0.306. The highest BCUT2D eigenvalue weighted by atomic mass is 32.1. The topological polar surface area (TPSA) is 52.8 Å². The number of thiazole rings is 1. The van der Waals surface area contributed by atoms with Crippen LogP contribution in [0.3, 0.4) is 0 Å². The van der Waals surface area contributed by atoms with Gasteiger partial charge in [0.15, 0.2) is 4.80 Å². The molecule has 1 aromatic heterocycles. The van der Waals surface area contributed by atoms with E-state index in [2.05, 4.69) is 10.9 Å². The number of nitrogens with zero attached hydrogens (tertiary/aromatic N) is 2. The van der Waals surface area contributed by atoms with Crippen molar-refractivity contribution in [2.75, 3.05) is 7.11 Å². The molecule has 148 valence electrons. The number of methoxy groups -OCH3 is 1. The van der Waals surface area contributed by atoms with Gasteiger partial charge in [-0.25, -0.2) is 0 Å². The molecule has 0 saturated heterocycles. The summed E-state index contributed by atoms with van der Waals surface area (Å²) in [4.78, 5) is 17.9. The molecule has 0 atom stereocenters. The SMILES string of the molecule is C#CCn1c(=NC(=O)c2ccccc2Oc2ccccc2)sc2cc(OC)ccc21. The highest BCUT2D eigenvalue weighted by Crippen LogP contribution is 2.26. The maximum absolute atomic E-state index is 13.1. The lowest BCUT2D eigenvalue weighted by Gasteiger charge is -2.08. The second-order valence-electron chi connectivity index (χ2n) is 6.34. The predicted molar refractivity (Wildman–Crippen MR) is 118 cm³/mol. The quantitative estimate of drug-likeness (QED) is 0.438. The van der Waals surface area contributed by atoms with Crippen LogP contribution in [0.15, 0.2) is 77.8 Å². The van der Waals surface area contributed by atoms with Crippen molar-refractivity contribution in [1.82, 2.24) is 4.57 Å². The van der Waals surface area contributed by atoms with Crippen LogP contribution < -0.4 is 14.3 Å². The zero-order valence-corrected chi connectivity index (χ0v) is 17.1. The number of fused-ring (bicyclic) bond motifs is 1. The van der Waals surface area contributed by atoms with Crippen LogP contribution in [0.5, 0.6) is 17.2 Å². The molecule has 0 fully saturated rings. The van der Waals surface area contributed by atoms with E-state index in [1.54, 1.807) is 25.3 Å². The Kier molecular flexibility index (Phi) is 5.64. The van der Waals surface area contributed by atoms with Crippen molar-refractivity contribution in [1.29, 1.82) is 0 Å². The van der Waals surface area contributed by atoms with Crippen LogP contribution in [0.25, 0.3) is 10.2 Å². The number of carbonyl (C=O) groups is 1. The number of para-hydroxylation sites is 2. The Bertz CT molecular complexity index is 1310. The molecule has 1 heterocycles. The molecule has 0 aliphatic rings. The molecule has 1 amide bonds. The minimum atomic E-state index is -0.397. The monoisotopic (exact) mass is 414 g/mol. The highest BCUT2D eigenvalue weighted by molar-refractivity contribution is 7.16. The Balaban J connectivity index is 1.77. The number of amides is 1. The number of hydrogen-bond acceptors (Lipinski definition) is 4. The van der Waals surface area contributed by atoms with Crippen LogP contribution in [0.1, 0.15) is 10.4 Å². The van der Waals surface area contributed by atoms with Crippen LogP contribution in [0.2, 0.25) is 0 Å². The van der Waals surface area contributed by atoms with E-state index in [1.165, 1.54) is 11.3 Å². The molecule has 0 unspecified atom stereocenters. The molecule has 0 spiro atoms. The number of hydrogen-bond donors (Lipinski definition) is 0. The first kappa shape index (κ1) is 19.5. The largest absolute Gasteiger partial charge is 0.497 e. The van der Waals surface area contributed by atoms with Crippen LogP contribution in [0, 0.1) is 12.3 Å². The first-order chi connectivity index (χ1) is 14.7. The summed E-state index contributed by atoms with van der Waals surface area (Å²) in [5.41, 5.74) is 1.28. The first-order valence-electron chi connectivity index (χ1n) is 9.21. The van der Waals surface area contributed by atoms with E-state index in [-0.39, 0.29) is 0 Å². The lowest BCUT2D eigenvalue weighted by atomic mass is 10.2. The minimum Gasteiger partial charge on any atom is -0.497 e. The first-order valence-corrected chi connectivity index (χ1v) is 10.0. The van der Waals surface area contributed by atoms with Gasteiger partial charge >= 0.3 is 0 Å². The molecule has 0 radical (unpaired) electrons. The van der Waals surface area contributed by atoms with Crippen molar-refractivity contribution >= 4 is 27.5 Å². The molecule has 0 aliphatic heterocycles. The second-order valence-corrected chi connectivity index (χ2v) is 7.35. The molecule has 0 bridgehead atoms. The number of rotatable bonds is 5. The average molecular weight is 414 g/mol. The third-order valence-electron chi connectivity index (χ3n) is 4.42. The molecule has 30 heavy (non-hydrogen) atoms. The van der Waals surface area contributed by atoms with Gasteiger partial charge in [-0.2, -0.15) is 4.99 Å². The van der Waals surface area contributed by atoms with Gasteiger partial charge in [0.05, 0.1) is 29.4 Å². The van der Waals surface area contributed by atoms with Crippen molar-refractivity contribution < 1.29 is 14.3 Å². The summed E-state index contributed by atoms with van der Waals surface area (Å²) in [5, 5.41) is 0. The highest BCUT2D eigenvalue weighted by Gasteiger charge is 2.14. The number of benzene rings is 3. The Hall–Kier alpha value is -3.82. The molecule has 0 aliphatic carbocycles. The van der Waals surface area contributed by atoms with Crippen molar-refractivity contribution in [3.63, 3.8) is 0 Å². The number of ether oxygens (including phenoxy) is 2. The normalized spacial score (nSPS) is 11.3.